The van der Waals surface area contributed by atoms with Crippen LogP contribution < -0.4 is 10.5 Å². The van der Waals surface area contributed by atoms with Crippen LogP contribution in [0.25, 0.3) is 33.5 Å². The molecule has 0 unspecified atom stereocenters. The van der Waals surface area contributed by atoms with Gasteiger partial charge in [-0.3, -0.25) is 0 Å². The summed E-state index contributed by atoms with van der Waals surface area (Å²) in [6, 6.07) is 9.79. The predicted octanol–water partition coefficient (Wildman–Crippen LogP) is 3.20. The van der Waals surface area contributed by atoms with E-state index in [4.69, 9.17) is 19.9 Å². The number of halogens is 3. The molecule has 0 spiro atoms. The van der Waals surface area contributed by atoms with Gasteiger partial charge in [0.05, 0.1) is 24.3 Å². The van der Waals surface area contributed by atoms with Crippen LogP contribution in [0, 0.1) is 17.5 Å². The molecule has 180 valence electrons. The first-order valence-corrected chi connectivity index (χ1v) is 10.9. The van der Waals surface area contributed by atoms with Gasteiger partial charge < -0.3 is 30.0 Å². The van der Waals surface area contributed by atoms with E-state index < -0.39 is 53.1 Å². The fourth-order valence-corrected chi connectivity index (χ4v) is 4.46. The van der Waals surface area contributed by atoms with Crippen LogP contribution in [-0.2, 0) is 9.47 Å². The van der Waals surface area contributed by atoms with Gasteiger partial charge in [0.1, 0.15) is 35.6 Å². The maximum Gasteiger partial charge on any atom is 0.296 e. The fraction of sp³-hybridized carbons (Fsp3) is 0.250. The van der Waals surface area contributed by atoms with E-state index >= 15 is 8.78 Å². The molecule has 6 rings (SSSR count). The van der Waals surface area contributed by atoms with Gasteiger partial charge in [-0.25, -0.2) is 18.2 Å². The van der Waals surface area contributed by atoms with Gasteiger partial charge in [-0.1, -0.05) is 12.1 Å². The average molecular weight is 484 g/mol. The Balaban J connectivity index is 1.32. The maximum atomic E-state index is 15.0. The number of imidazole rings is 1. The van der Waals surface area contributed by atoms with Crippen LogP contribution in [0.15, 0.2) is 42.5 Å². The zero-order chi connectivity index (χ0) is 24.3. The summed E-state index contributed by atoms with van der Waals surface area (Å²) >= 11 is 0. The van der Waals surface area contributed by atoms with E-state index in [9.17, 15) is 9.50 Å². The van der Waals surface area contributed by atoms with Gasteiger partial charge in [0.15, 0.2) is 17.6 Å². The molecular weight excluding hydrogens is 465 g/mol. The summed E-state index contributed by atoms with van der Waals surface area (Å²) in [7, 11) is 0. The first kappa shape index (κ1) is 21.8. The third kappa shape index (κ3) is 3.77. The highest BCUT2D eigenvalue weighted by Gasteiger charge is 2.48. The van der Waals surface area contributed by atoms with Crippen molar-refractivity contribution < 1.29 is 32.5 Å². The van der Waals surface area contributed by atoms with Crippen LogP contribution in [0.1, 0.15) is 0 Å². The number of hydrogen-bond donors (Lipinski definition) is 3. The lowest BCUT2D eigenvalue weighted by Crippen LogP contribution is -2.34. The Morgan fingerprint density at radius 3 is 2.37 bits per heavy atom. The Hall–Kier alpha value is -3.67. The minimum absolute atomic E-state index is 0.0145. The standard InChI is InChI=1S/C24H19F3N4O4/c25-13-5-11(10-1-3-12(28)4-2-10)6-14(26)19(13)20-15(27)7-16-23(30-20)31-24(29-16)35-18-9-34-21-17(32)8-33-22(18)21/h1-7,17-18,21-22,32H,8-9,28H2,(H,29,30,31)/t17-,18-,21-,22-/m1/s1. The van der Waals surface area contributed by atoms with Crippen molar-refractivity contribution in [3.63, 3.8) is 0 Å². The number of anilines is 1. The van der Waals surface area contributed by atoms with Crippen LogP contribution in [0.5, 0.6) is 6.01 Å². The van der Waals surface area contributed by atoms with Gasteiger partial charge >= 0.3 is 0 Å². The molecule has 8 nitrogen and oxygen atoms in total. The molecule has 0 radical (unpaired) electrons. The number of nitrogens with two attached hydrogens (primary N) is 1. The summed E-state index contributed by atoms with van der Waals surface area (Å²) in [5.41, 5.74) is 6.09. The van der Waals surface area contributed by atoms with E-state index in [1.54, 1.807) is 24.3 Å². The van der Waals surface area contributed by atoms with E-state index in [-0.39, 0.29) is 36.0 Å². The lowest BCUT2D eigenvalue weighted by molar-refractivity contribution is 0.00706. The summed E-state index contributed by atoms with van der Waals surface area (Å²) in [5.74, 6) is -2.88. The second-order valence-corrected chi connectivity index (χ2v) is 8.49. The molecule has 0 amide bonds. The van der Waals surface area contributed by atoms with Crippen molar-refractivity contribution in [2.24, 2.45) is 0 Å². The SMILES string of the molecule is Nc1ccc(-c2cc(F)c(-c3nc4nc(O[C@@H]5CO[C@H]6[C@@H]5OC[C@H]6O)[nH]c4cc3F)c(F)c2)cc1. The number of pyridine rings is 1. The number of nitrogen functional groups attached to an aromatic ring is 1. The van der Waals surface area contributed by atoms with Crippen molar-refractivity contribution in [1.29, 1.82) is 0 Å². The summed E-state index contributed by atoms with van der Waals surface area (Å²) in [6.07, 6.45) is -2.24. The van der Waals surface area contributed by atoms with Crippen molar-refractivity contribution in [2.75, 3.05) is 18.9 Å². The lowest BCUT2D eigenvalue weighted by Gasteiger charge is -2.15. The summed E-state index contributed by atoms with van der Waals surface area (Å²) in [5, 5.41) is 9.86. The molecule has 0 aliphatic carbocycles. The molecule has 4 N–H and O–H groups in total. The highest BCUT2D eigenvalue weighted by atomic mass is 19.1. The minimum Gasteiger partial charge on any atom is -0.456 e. The molecule has 4 heterocycles. The lowest BCUT2D eigenvalue weighted by atomic mass is 10.0. The largest absolute Gasteiger partial charge is 0.456 e. The summed E-state index contributed by atoms with van der Waals surface area (Å²) in [6.45, 7) is 0.312. The Bertz CT molecular complexity index is 1410. The zero-order valence-electron chi connectivity index (χ0n) is 18.0. The van der Waals surface area contributed by atoms with E-state index in [1.165, 1.54) is 0 Å². The van der Waals surface area contributed by atoms with Gasteiger partial charge in [0.25, 0.3) is 6.01 Å². The molecule has 11 heteroatoms. The monoisotopic (exact) mass is 484 g/mol. The van der Waals surface area contributed by atoms with Crippen molar-refractivity contribution in [3.8, 4) is 28.4 Å². The van der Waals surface area contributed by atoms with Gasteiger partial charge in [-0.2, -0.15) is 4.98 Å². The molecule has 0 saturated carbocycles. The third-order valence-corrected chi connectivity index (χ3v) is 6.17. The molecule has 4 aromatic rings. The number of H-pyrrole nitrogens is 1. The number of hydrogen-bond acceptors (Lipinski definition) is 7. The molecule has 2 aromatic carbocycles. The smallest absolute Gasteiger partial charge is 0.296 e. The van der Waals surface area contributed by atoms with Gasteiger partial charge in [0, 0.05) is 11.8 Å². The minimum atomic E-state index is -0.972. The van der Waals surface area contributed by atoms with Crippen molar-refractivity contribution in [2.45, 2.75) is 24.4 Å². The van der Waals surface area contributed by atoms with Crippen LogP contribution in [0.4, 0.5) is 18.9 Å². The highest BCUT2D eigenvalue weighted by Crippen LogP contribution is 2.34. The molecule has 2 aliphatic heterocycles. The quantitative estimate of drug-likeness (QED) is 0.381. The molecule has 4 atom stereocenters. The Morgan fingerprint density at radius 1 is 0.914 bits per heavy atom. The first-order valence-electron chi connectivity index (χ1n) is 10.9. The maximum absolute atomic E-state index is 15.0. The molecule has 35 heavy (non-hydrogen) atoms. The number of nitrogens with one attached hydrogen (secondary N) is 1. The van der Waals surface area contributed by atoms with Crippen LogP contribution in [0.2, 0.25) is 0 Å². The predicted molar refractivity (Wildman–Crippen MR) is 119 cm³/mol. The second kappa shape index (κ2) is 8.22. The number of aromatic nitrogens is 3. The Kier molecular flexibility index (Phi) is 5.13. The van der Waals surface area contributed by atoms with Crippen molar-refractivity contribution in [3.05, 3.63) is 59.9 Å². The van der Waals surface area contributed by atoms with Crippen molar-refractivity contribution >= 4 is 16.9 Å². The zero-order valence-corrected chi connectivity index (χ0v) is 18.0. The highest BCUT2D eigenvalue weighted by molar-refractivity contribution is 5.78. The number of aliphatic hydroxyl groups is 1. The molecule has 0 bridgehead atoms. The molecule has 2 saturated heterocycles. The van der Waals surface area contributed by atoms with E-state index in [2.05, 4.69) is 15.0 Å². The average Bonchev–Trinajstić information content (AvgIpc) is 3.51. The van der Waals surface area contributed by atoms with E-state index in [0.29, 0.717) is 11.3 Å². The number of aromatic amines is 1. The number of ether oxygens (including phenoxy) is 3. The van der Waals surface area contributed by atoms with Gasteiger partial charge in [0.2, 0.25) is 0 Å². The Morgan fingerprint density at radius 2 is 1.63 bits per heavy atom. The molecular formula is C24H19F3N4O4. The molecule has 2 aliphatic rings. The first-order chi connectivity index (χ1) is 16.9. The van der Waals surface area contributed by atoms with Crippen molar-refractivity contribution in [1.82, 2.24) is 15.0 Å². The molecule has 2 aromatic heterocycles. The Labute approximate surface area is 196 Å². The van der Waals surface area contributed by atoms with Gasteiger partial charge in [-0.05, 0) is 35.4 Å². The van der Waals surface area contributed by atoms with Crippen LogP contribution in [0.3, 0.4) is 0 Å². The summed E-state index contributed by atoms with van der Waals surface area (Å²) in [4.78, 5) is 11.0. The van der Waals surface area contributed by atoms with Gasteiger partial charge in [-0.15, -0.1) is 0 Å². The number of rotatable bonds is 4. The fourth-order valence-electron chi connectivity index (χ4n) is 4.46. The second-order valence-electron chi connectivity index (χ2n) is 8.49. The topological polar surface area (TPSA) is 116 Å². The van der Waals surface area contributed by atoms with E-state index in [0.717, 1.165) is 18.2 Å². The molecule has 2 fully saturated rings. The number of aliphatic hydroxyl groups excluding tert-OH is 1. The number of benzene rings is 2. The number of nitrogens with zero attached hydrogens (tertiary/aromatic N) is 2. The van der Waals surface area contributed by atoms with Crippen LogP contribution >= 0.6 is 0 Å². The summed E-state index contributed by atoms with van der Waals surface area (Å²) < 4.78 is 61.7. The van der Waals surface area contributed by atoms with E-state index in [1.807, 2.05) is 0 Å². The number of fused-ring (bicyclic) bond motifs is 2. The van der Waals surface area contributed by atoms with Crippen LogP contribution in [-0.4, -0.2) is 57.7 Å². The normalized spacial score (nSPS) is 23.7. The third-order valence-electron chi connectivity index (χ3n) is 6.17.